The Labute approximate surface area is 150 Å². The fourth-order valence-corrected chi connectivity index (χ4v) is 2.97. The number of nitrogens with zero attached hydrogens (tertiary/aromatic N) is 1. The third kappa shape index (κ3) is 3.58. The molecule has 3 nitrogen and oxygen atoms in total. The zero-order chi connectivity index (χ0) is 19.7. The average molecular weight is 388 g/mol. The summed E-state index contributed by atoms with van der Waals surface area (Å²) in [6.45, 7) is 1.35. The Bertz CT molecular complexity index is 867. The van der Waals surface area contributed by atoms with Crippen molar-refractivity contribution < 1.29 is 31.1 Å². The van der Waals surface area contributed by atoms with Gasteiger partial charge in [-0.1, -0.05) is 0 Å². The Morgan fingerprint density at radius 2 is 1.37 bits per heavy atom. The lowest BCUT2D eigenvalue weighted by molar-refractivity contribution is 0.101. The Kier molecular flexibility index (Phi) is 5.29. The molecule has 1 heterocycles. The van der Waals surface area contributed by atoms with Gasteiger partial charge in [0.05, 0.1) is 5.69 Å². The van der Waals surface area contributed by atoms with E-state index in [1.54, 1.807) is 0 Å². The van der Waals surface area contributed by atoms with Crippen LogP contribution >= 0.6 is 0 Å². The predicted molar refractivity (Wildman–Crippen MR) is 86.6 cm³/mol. The summed E-state index contributed by atoms with van der Waals surface area (Å²) < 4.78 is 81.2. The van der Waals surface area contributed by atoms with Crippen molar-refractivity contribution in [1.82, 2.24) is 0 Å². The second-order valence-electron chi connectivity index (χ2n) is 6.11. The number of piperidine rings is 1. The summed E-state index contributed by atoms with van der Waals surface area (Å²) in [4.78, 5) is 13.8. The summed E-state index contributed by atoms with van der Waals surface area (Å²) in [6, 6.07) is 3.60. The first-order valence-electron chi connectivity index (χ1n) is 8.18. The van der Waals surface area contributed by atoms with E-state index >= 15 is 0 Å². The first-order valence-corrected chi connectivity index (χ1v) is 8.18. The number of nitrogens with one attached hydrogen (secondary N) is 1. The smallest absolute Gasteiger partial charge is 0.261 e. The van der Waals surface area contributed by atoms with E-state index in [0.29, 0.717) is 18.8 Å². The molecule has 1 N–H and O–H groups in total. The van der Waals surface area contributed by atoms with Crippen molar-refractivity contribution >= 4 is 17.3 Å². The van der Waals surface area contributed by atoms with Crippen LogP contribution in [-0.4, -0.2) is 19.0 Å². The molecule has 1 aliphatic heterocycles. The lowest BCUT2D eigenvalue weighted by atomic mass is 10.1. The quantitative estimate of drug-likeness (QED) is 0.467. The zero-order valence-corrected chi connectivity index (χ0v) is 13.9. The maximum Gasteiger partial charge on any atom is 0.261 e. The summed E-state index contributed by atoms with van der Waals surface area (Å²) in [7, 11) is 0. The maximum absolute atomic E-state index is 14.3. The molecule has 1 fully saturated rings. The summed E-state index contributed by atoms with van der Waals surface area (Å²) >= 11 is 0. The highest BCUT2D eigenvalue weighted by atomic mass is 19.2. The minimum absolute atomic E-state index is 0.179. The predicted octanol–water partition coefficient (Wildman–Crippen LogP) is 4.76. The van der Waals surface area contributed by atoms with Gasteiger partial charge in [0.2, 0.25) is 5.82 Å². The van der Waals surface area contributed by atoms with Crippen LogP contribution in [0, 0.1) is 34.9 Å². The van der Waals surface area contributed by atoms with Crippen LogP contribution < -0.4 is 10.2 Å². The number of amides is 1. The number of hydrogen-bond acceptors (Lipinski definition) is 2. The molecule has 0 aromatic heterocycles. The monoisotopic (exact) mass is 388 g/mol. The molecule has 144 valence electrons. The normalized spacial score (nSPS) is 14.4. The van der Waals surface area contributed by atoms with Crippen molar-refractivity contribution in [2.75, 3.05) is 23.3 Å². The van der Waals surface area contributed by atoms with Gasteiger partial charge >= 0.3 is 0 Å². The standard InChI is InChI=1S/C18H14F6N2O/c19-10-8-9(4-5-11(10)26-6-2-1-3-7-26)25-18(27)12-13(20)15(22)17(24)16(23)14(12)21/h4-5,8H,1-3,6-7H2,(H,25,27). The average Bonchev–Trinajstić information content (AvgIpc) is 2.66. The van der Waals surface area contributed by atoms with E-state index < -0.39 is 46.4 Å². The van der Waals surface area contributed by atoms with Crippen molar-refractivity contribution in [1.29, 1.82) is 0 Å². The van der Waals surface area contributed by atoms with Crippen LogP contribution in [0.15, 0.2) is 18.2 Å². The molecule has 3 rings (SSSR count). The fraction of sp³-hybridized carbons (Fsp3) is 0.278. The van der Waals surface area contributed by atoms with Crippen LogP contribution in [0.1, 0.15) is 29.6 Å². The van der Waals surface area contributed by atoms with Gasteiger partial charge in [-0.25, -0.2) is 26.3 Å². The lowest BCUT2D eigenvalue weighted by Crippen LogP contribution is -2.30. The van der Waals surface area contributed by atoms with Gasteiger partial charge in [0.25, 0.3) is 5.91 Å². The number of carbonyl (C=O) groups excluding carboxylic acids is 1. The second kappa shape index (κ2) is 7.50. The molecule has 0 unspecified atom stereocenters. The summed E-state index contributed by atoms with van der Waals surface area (Å²) in [5, 5.41) is 1.95. The Balaban J connectivity index is 1.86. The highest BCUT2D eigenvalue weighted by Crippen LogP contribution is 2.27. The number of hydrogen-bond donors (Lipinski definition) is 1. The number of rotatable bonds is 3. The van der Waals surface area contributed by atoms with Gasteiger partial charge < -0.3 is 10.2 Å². The Hall–Kier alpha value is -2.71. The minimum atomic E-state index is -2.36. The topological polar surface area (TPSA) is 32.3 Å². The molecule has 0 saturated carbocycles. The van der Waals surface area contributed by atoms with Gasteiger partial charge in [0.1, 0.15) is 11.4 Å². The van der Waals surface area contributed by atoms with Crippen LogP contribution in [0.2, 0.25) is 0 Å². The van der Waals surface area contributed by atoms with Gasteiger partial charge in [0, 0.05) is 18.8 Å². The molecule has 1 aliphatic rings. The van der Waals surface area contributed by atoms with Crippen molar-refractivity contribution in [2.45, 2.75) is 19.3 Å². The molecule has 1 saturated heterocycles. The minimum Gasteiger partial charge on any atom is -0.369 e. The second-order valence-corrected chi connectivity index (χ2v) is 6.11. The van der Waals surface area contributed by atoms with Crippen molar-refractivity contribution in [3.8, 4) is 0 Å². The molecule has 0 bridgehead atoms. The number of anilines is 2. The van der Waals surface area contributed by atoms with E-state index in [4.69, 9.17) is 0 Å². The Morgan fingerprint density at radius 1 is 0.815 bits per heavy atom. The van der Waals surface area contributed by atoms with E-state index in [1.807, 2.05) is 10.2 Å². The fourth-order valence-electron chi connectivity index (χ4n) is 2.97. The van der Waals surface area contributed by atoms with Crippen LogP contribution in [0.3, 0.4) is 0 Å². The van der Waals surface area contributed by atoms with Crippen LogP contribution in [0.25, 0.3) is 0 Å². The molecular formula is C18H14F6N2O. The molecule has 9 heteroatoms. The summed E-state index contributed by atoms with van der Waals surface area (Å²) in [5.74, 6) is -13.6. The van der Waals surface area contributed by atoms with E-state index in [0.717, 1.165) is 25.3 Å². The third-order valence-electron chi connectivity index (χ3n) is 4.34. The van der Waals surface area contributed by atoms with E-state index in [9.17, 15) is 31.1 Å². The van der Waals surface area contributed by atoms with Gasteiger partial charge in [-0.15, -0.1) is 0 Å². The van der Waals surface area contributed by atoms with Gasteiger partial charge in [-0.2, -0.15) is 0 Å². The van der Waals surface area contributed by atoms with Crippen molar-refractivity contribution in [3.63, 3.8) is 0 Å². The van der Waals surface area contributed by atoms with E-state index in [-0.39, 0.29) is 5.69 Å². The molecule has 0 aliphatic carbocycles. The molecule has 2 aromatic rings. The van der Waals surface area contributed by atoms with E-state index in [2.05, 4.69) is 0 Å². The third-order valence-corrected chi connectivity index (χ3v) is 4.34. The summed E-state index contributed by atoms with van der Waals surface area (Å²) in [6.07, 6.45) is 2.88. The SMILES string of the molecule is O=C(Nc1ccc(N2CCCCC2)c(F)c1)c1c(F)c(F)c(F)c(F)c1F. The van der Waals surface area contributed by atoms with Crippen molar-refractivity contribution in [3.05, 3.63) is 58.7 Å². The molecule has 1 amide bonds. The Morgan fingerprint density at radius 3 is 1.93 bits per heavy atom. The molecule has 0 radical (unpaired) electrons. The highest BCUT2D eigenvalue weighted by Gasteiger charge is 2.30. The van der Waals surface area contributed by atoms with Crippen LogP contribution in [0.4, 0.5) is 37.7 Å². The van der Waals surface area contributed by atoms with Gasteiger partial charge in [-0.05, 0) is 37.5 Å². The largest absolute Gasteiger partial charge is 0.369 e. The van der Waals surface area contributed by atoms with Crippen LogP contribution in [-0.2, 0) is 0 Å². The maximum atomic E-state index is 14.3. The first-order chi connectivity index (χ1) is 12.8. The highest BCUT2D eigenvalue weighted by molar-refractivity contribution is 6.04. The molecule has 2 aromatic carbocycles. The first kappa shape index (κ1) is 19.1. The van der Waals surface area contributed by atoms with Gasteiger partial charge in [-0.3, -0.25) is 4.79 Å². The summed E-state index contributed by atoms with van der Waals surface area (Å²) in [5.41, 5.74) is -1.50. The number of carbonyl (C=O) groups is 1. The molecular weight excluding hydrogens is 374 g/mol. The van der Waals surface area contributed by atoms with Crippen LogP contribution in [0.5, 0.6) is 0 Å². The molecule has 0 spiro atoms. The molecule has 27 heavy (non-hydrogen) atoms. The lowest BCUT2D eigenvalue weighted by Gasteiger charge is -2.29. The number of benzene rings is 2. The van der Waals surface area contributed by atoms with Crippen molar-refractivity contribution in [2.24, 2.45) is 0 Å². The number of halogens is 6. The van der Waals surface area contributed by atoms with E-state index in [1.165, 1.54) is 12.1 Å². The van der Waals surface area contributed by atoms with Gasteiger partial charge in [0.15, 0.2) is 23.3 Å². The zero-order valence-electron chi connectivity index (χ0n) is 13.9. The molecule has 0 atom stereocenters.